The number of piperidine rings is 1. The molecule has 1 aromatic rings. The second kappa shape index (κ2) is 12.0. The molecule has 0 unspecified atom stereocenters. The van der Waals surface area contributed by atoms with E-state index in [2.05, 4.69) is 15.5 Å². The predicted octanol–water partition coefficient (Wildman–Crippen LogP) is 2.41. The number of hydrogen-bond acceptors (Lipinski definition) is 6. The Bertz CT molecular complexity index is 823. The lowest BCUT2D eigenvalue weighted by Crippen LogP contribution is -2.40. The third kappa shape index (κ3) is 6.76. The van der Waals surface area contributed by atoms with E-state index in [-0.39, 0.29) is 4.90 Å². The number of rotatable bonds is 9. The van der Waals surface area contributed by atoms with Gasteiger partial charge in [-0.25, -0.2) is 8.42 Å². The van der Waals surface area contributed by atoms with Crippen molar-refractivity contribution in [2.75, 3.05) is 69.4 Å². The second-order valence-corrected chi connectivity index (χ2v) is 10.0. The van der Waals surface area contributed by atoms with E-state index in [1.165, 1.54) is 10.7 Å². The summed E-state index contributed by atoms with van der Waals surface area (Å²) in [6.45, 7) is 7.55. The Morgan fingerprint density at radius 1 is 1.16 bits per heavy atom. The molecular formula is C21H34N4O4S2. The number of nitrogens with one attached hydrogen (secondary N) is 2. The highest BCUT2D eigenvalue weighted by atomic mass is 32.2. The zero-order valence-electron chi connectivity index (χ0n) is 18.3. The number of sulfonamides is 1. The van der Waals surface area contributed by atoms with Crippen molar-refractivity contribution in [1.82, 2.24) is 9.62 Å². The minimum absolute atomic E-state index is 0.275. The minimum Gasteiger partial charge on any atom is -0.382 e. The van der Waals surface area contributed by atoms with Gasteiger partial charge in [0.15, 0.2) is 5.11 Å². The molecule has 31 heavy (non-hydrogen) atoms. The van der Waals surface area contributed by atoms with Crippen LogP contribution in [0.5, 0.6) is 0 Å². The molecule has 174 valence electrons. The first-order valence-corrected chi connectivity index (χ1v) is 13.0. The van der Waals surface area contributed by atoms with Gasteiger partial charge in [-0.3, -0.25) is 0 Å². The van der Waals surface area contributed by atoms with Crippen molar-refractivity contribution in [2.45, 2.75) is 37.5 Å². The molecule has 2 fully saturated rings. The van der Waals surface area contributed by atoms with Crippen LogP contribution in [0.1, 0.15) is 32.6 Å². The third-order valence-electron chi connectivity index (χ3n) is 5.48. The van der Waals surface area contributed by atoms with Crippen molar-refractivity contribution in [2.24, 2.45) is 0 Å². The molecule has 0 bridgehead atoms. The van der Waals surface area contributed by atoms with E-state index >= 15 is 0 Å². The van der Waals surface area contributed by atoms with E-state index < -0.39 is 10.0 Å². The lowest BCUT2D eigenvalue weighted by atomic mass is 10.1. The van der Waals surface area contributed by atoms with Crippen LogP contribution < -0.4 is 15.5 Å². The zero-order chi connectivity index (χ0) is 22.1. The van der Waals surface area contributed by atoms with Crippen LogP contribution in [0.3, 0.4) is 0 Å². The van der Waals surface area contributed by atoms with Crippen LogP contribution in [0, 0.1) is 0 Å². The zero-order valence-corrected chi connectivity index (χ0v) is 19.9. The van der Waals surface area contributed by atoms with Crippen LogP contribution >= 0.6 is 12.2 Å². The monoisotopic (exact) mass is 470 g/mol. The van der Waals surface area contributed by atoms with Crippen molar-refractivity contribution in [3.8, 4) is 0 Å². The van der Waals surface area contributed by atoms with E-state index in [9.17, 15) is 8.42 Å². The first kappa shape index (κ1) is 24.2. The lowest BCUT2D eigenvalue weighted by Gasteiger charge is -2.31. The summed E-state index contributed by atoms with van der Waals surface area (Å²) in [5.41, 5.74) is 1.71. The van der Waals surface area contributed by atoms with Crippen LogP contribution in [-0.2, 0) is 19.5 Å². The Kier molecular flexibility index (Phi) is 9.33. The first-order chi connectivity index (χ1) is 15.0. The number of nitrogens with zero attached hydrogens (tertiary/aromatic N) is 2. The maximum atomic E-state index is 13.2. The summed E-state index contributed by atoms with van der Waals surface area (Å²) in [4.78, 5) is 2.58. The van der Waals surface area contributed by atoms with Gasteiger partial charge in [0.2, 0.25) is 10.0 Å². The molecule has 2 aliphatic rings. The van der Waals surface area contributed by atoms with Crippen LogP contribution in [-0.4, -0.2) is 77.0 Å². The molecule has 0 saturated carbocycles. The molecule has 2 aliphatic heterocycles. The van der Waals surface area contributed by atoms with Crippen molar-refractivity contribution in [3.63, 3.8) is 0 Å². The van der Waals surface area contributed by atoms with E-state index in [0.29, 0.717) is 51.2 Å². The number of benzene rings is 1. The maximum Gasteiger partial charge on any atom is 0.243 e. The number of thiocarbonyl (C=S) groups is 1. The Labute approximate surface area is 191 Å². The van der Waals surface area contributed by atoms with E-state index in [1.807, 2.05) is 13.0 Å². The van der Waals surface area contributed by atoms with Gasteiger partial charge in [-0.15, -0.1) is 0 Å². The molecule has 0 spiro atoms. The van der Waals surface area contributed by atoms with Gasteiger partial charge in [0, 0.05) is 45.9 Å². The molecule has 2 N–H and O–H groups in total. The fourth-order valence-electron chi connectivity index (χ4n) is 3.81. The number of morpholine rings is 1. The highest BCUT2D eigenvalue weighted by molar-refractivity contribution is 7.89. The average molecular weight is 471 g/mol. The summed E-state index contributed by atoms with van der Waals surface area (Å²) >= 11 is 5.48. The lowest BCUT2D eigenvalue weighted by molar-refractivity contribution is 0.0730. The van der Waals surface area contributed by atoms with Crippen LogP contribution in [0.2, 0.25) is 0 Å². The molecule has 8 nitrogen and oxygen atoms in total. The molecule has 0 aromatic heterocycles. The summed E-state index contributed by atoms with van der Waals surface area (Å²) in [6.07, 6.45) is 4.34. The number of anilines is 2. The first-order valence-electron chi connectivity index (χ1n) is 11.1. The van der Waals surface area contributed by atoms with Gasteiger partial charge in [0.05, 0.1) is 29.5 Å². The SMILES string of the molecule is CCOCCCNC(=S)Nc1cc(S(=O)(=O)N2CCOCC2)ccc1N1CCCCC1. The van der Waals surface area contributed by atoms with Gasteiger partial charge in [0.25, 0.3) is 0 Å². The molecule has 3 rings (SSSR count). The summed E-state index contributed by atoms with van der Waals surface area (Å²) in [7, 11) is -3.58. The van der Waals surface area contributed by atoms with Gasteiger partial charge in [-0.2, -0.15) is 4.31 Å². The van der Waals surface area contributed by atoms with Gasteiger partial charge < -0.3 is 25.0 Å². The van der Waals surface area contributed by atoms with E-state index in [0.717, 1.165) is 43.7 Å². The highest BCUT2D eigenvalue weighted by Crippen LogP contribution is 2.32. The van der Waals surface area contributed by atoms with Crippen molar-refractivity contribution in [3.05, 3.63) is 18.2 Å². The standard InChI is InChI=1S/C21H34N4O4S2/c1-2-28-14-6-9-22-21(30)23-19-17-18(31(26,27)25-12-15-29-16-13-25)7-8-20(19)24-10-4-3-5-11-24/h7-8,17H,2-6,9-16H2,1H3,(H2,22,23,30). The fraction of sp³-hybridized carbons (Fsp3) is 0.667. The van der Waals surface area contributed by atoms with E-state index in [4.69, 9.17) is 21.7 Å². The van der Waals surface area contributed by atoms with E-state index in [1.54, 1.807) is 12.1 Å². The second-order valence-electron chi connectivity index (χ2n) is 7.67. The van der Waals surface area contributed by atoms with Crippen molar-refractivity contribution < 1.29 is 17.9 Å². The van der Waals surface area contributed by atoms with Crippen molar-refractivity contribution in [1.29, 1.82) is 0 Å². The smallest absolute Gasteiger partial charge is 0.243 e. The van der Waals surface area contributed by atoms with Crippen molar-refractivity contribution >= 4 is 38.7 Å². The molecule has 2 heterocycles. The predicted molar refractivity (Wildman–Crippen MR) is 127 cm³/mol. The van der Waals surface area contributed by atoms with Gasteiger partial charge in [-0.1, -0.05) is 0 Å². The number of hydrogen-bond donors (Lipinski definition) is 2. The number of ether oxygens (including phenoxy) is 2. The highest BCUT2D eigenvalue weighted by Gasteiger charge is 2.27. The normalized spacial score (nSPS) is 18.0. The largest absolute Gasteiger partial charge is 0.382 e. The Morgan fingerprint density at radius 2 is 1.90 bits per heavy atom. The summed E-state index contributed by atoms with van der Waals surface area (Å²) < 4.78 is 38.5. The molecule has 0 amide bonds. The summed E-state index contributed by atoms with van der Waals surface area (Å²) in [5.74, 6) is 0. The quantitative estimate of drug-likeness (QED) is 0.421. The van der Waals surface area contributed by atoms with Gasteiger partial charge >= 0.3 is 0 Å². The third-order valence-corrected chi connectivity index (χ3v) is 7.62. The Hall–Kier alpha value is -1.46. The fourth-order valence-corrected chi connectivity index (χ4v) is 5.46. The molecule has 0 radical (unpaired) electrons. The topological polar surface area (TPSA) is 83.1 Å². The van der Waals surface area contributed by atoms with Crippen LogP contribution in [0.4, 0.5) is 11.4 Å². The molecular weight excluding hydrogens is 436 g/mol. The Balaban J connectivity index is 1.77. The molecule has 2 saturated heterocycles. The van der Waals surface area contributed by atoms with Gasteiger partial charge in [0.1, 0.15) is 0 Å². The Morgan fingerprint density at radius 3 is 2.61 bits per heavy atom. The minimum atomic E-state index is -3.58. The molecule has 1 aromatic carbocycles. The average Bonchev–Trinajstić information content (AvgIpc) is 2.80. The van der Waals surface area contributed by atoms with Crippen LogP contribution in [0.15, 0.2) is 23.1 Å². The maximum absolute atomic E-state index is 13.2. The molecule has 10 heteroatoms. The van der Waals surface area contributed by atoms with Gasteiger partial charge in [-0.05, 0) is 63.0 Å². The summed E-state index contributed by atoms with van der Waals surface area (Å²) in [6, 6.07) is 5.32. The van der Waals surface area contributed by atoms with Crippen LogP contribution in [0.25, 0.3) is 0 Å². The summed E-state index contributed by atoms with van der Waals surface area (Å²) in [5, 5.41) is 6.91. The molecule has 0 atom stereocenters. The molecule has 0 aliphatic carbocycles.